The topological polar surface area (TPSA) is 102 Å². The summed E-state index contributed by atoms with van der Waals surface area (Å²) in [4.78, 5) is 34.4. The molecule has 1 amide bonds. The Kier molecular flexibility index (Phi) is 8.57. The summed E-state index contributed by atoms with van der Waals surface area (Å²) in [5.41, 5.74) is 2.42. The first-order valence-electron chi connectivity index (χ1n) is 11.5. The molecule has 32 heavy (non-hydrogen) atoms. The predicted molar refractivity (Wildman–Crippen MR) is 124 cm³/mol. The molecule has 2 N–H and O–H groups in total. The zero-order valence-corrected chi connectivity index (χ0v) is 19.1. The van der Waals surface area contributed by atoms with Crippen LogP contribution in [0.3, 0.4) is 0 Å². The van der Waals surface area contributed by atoms with Crippen LogP contribution in [0.4, 0.5) is 0 Å². The highest BCUT2D eigenvalue weighted by Gasteiger charge is 2.26. The number of hydrogen-bond acceptors (Lipinski definition) is 5. The molecule has 0 aliphatic carbocycles. The highest BCUT2D eigenvalue weighted by molar-refractivity contribution is 5.79. The van der Waals surface area contributed by atoms with Crippen LogP contribution in [-0.2, 0) is 9.59 Å². The van der Waals surface area contributed by atoms with Crippen LogP contribution in [-0.4, -0.2) is 46.7 Å². The van der Waals surface area contributed by atoms with E-state index in [1.165, 1.54) is 0 Å². The molecule has 1 saturated heterocycles. The number of rotatable bonds is 10. The average molecular weight is 436 g/mol. The number of Topliss-reactive ketones (excluding diaryl/α,β-unsaturated/α-hetero) is 1. The summed E-state index contributed by atoms with van der Waals surface area (Å²) in [6, 6.07) is 9.29. The molecule has 0 saturated carbocycles. The molecule has 1 atom stereocenters. The number of H-pyrrole nitrogens is 1. The summed E-state index contributed by atoms with van der Waals surface area (Å²) in [5, 5.41) is 12.2. The second-order valence-corrected chi connectivity index (χ2v) is 8.81. The summed E-state index contributed by atoms with van der Waals surface area (Å²) < 4.78 is 0. The Morgan fingerprint density at radius 1 is 1.22 bits per heavy atom. The number of aromatic nitrogens is 2. The number of carbonyl (C=O) groups is 2. The standard InChI is InChI=1S/C25H33N5O2/c1-18(31)6-4-3-5-7-22(29-25(32)21-12-14-30(2)15-13-21)24-27-17-23(28-24)20-10-8-19(16-26)9-11-20/h8-11,17,21-22H,3-7,12-15H2,1-2H3,(H,27,28)(H,29,32). The molecule has 1 aliphatic rings. The highest BCUT2D eigenvalue weighted by Crippen LogP contribution is 2.25. The van der Waals surface area contributed by atoms with Crippen molar-refractivity contribution < 1.29 is 9.59 Å². The average Bonchev–Trinajstić information content (AvgIpc) is 3.28. The van der Waals surface area contributed by atoms with E-state index in [0.29, 0.717) is 12.0 Å². The van der Waals surface area contributed by atoms with E-state index in [0.717, 1.165) is 68.7 Å². The Morgan fingerprint density at radius 2 is 1.94 bits per heavy atom. The number of nitriles is 1. The van der Waals surface area contributed by atoms with Gasteiger partial charge in [-0.25, -0.2) is 4.98 Å². The Bertz CT molecular complexity index is 936. The number of nitrogens with zero attached hydrogens (tertiary/aromatic N) is 3. The van der Waals surface area contributed by atoms with Gasteiger partial charge < -0.3 is 20.0 Å². The number of nitrogens with one attached hydrogen (secondary N) is 2. The first kappa shape index (κ1) is 23.7. The van der Waals surface area contributed by atoms with Crippen molar-refractivity contribution in [2.24, 2.45) is 5.92 Å². The zero-order valence-electron chi connectivity index (χ0n) is 19.1. The van der Waals surface area contributed by atoms with E-state index in [4.69, 9.17) is 5.26 Å². The van der Waals surface area contributed by atoms with Crippen molar-refractivity contribution in [1.29, 1.82) is 5.26 Å². The molecular weight excluding hydrogens is 402 g/mol. The van der Waals surface area contributed by atoms with Gasteiger partial charge in [0, 0.05) is 12.3 Å². The zero-order chi connectivity index (χ0) is 22.9. The lowest BCUT2D eigenvalue weighted by atomic mass is 9.95. The molecule has 7 heteroatoms. The van der Waals surface area contributed by atoms with Crippen molar-refractivity contribution in [2.45, 2.75) is 57.9 Å². The molecule has 0 radical (unpaired) electrons. The lowest BCUT2D eigenvalue weighted by Crippen LogP contribution is -2.40. The van der Waals surface area contributed by atoms with E-state index in [2.05, 4.69) is 33.3 Å². The number of likely N-dealkylation sites (tertiary alicyclic amines) is 1. The van der Waals surface area contributed by atoms with Gasteiger partial charge in [-0.2, -0.15) is 5.26 Å². The smallest absolute Gasteiger partial charge is 0.223 e. The summed E-state index contributed by atoms with van der Waals surface area (Å²) in [6.07, 6.45) is 7.65. The van der Waals surface area contributed by atoms with Gasteiger partial charge in [0.15, 0.2) is 0 Å². The summed E-state index contributed by atoms with van der Waals surface area (Å²) in [6.45, 7) is 3.51. The molecule has 0 spiro atoms. The minimum Gasteiger partial charge on any atom is -0.346 e. The fourth-order valence-electron chi connectivity index (χ4n) is 4.12. The maximum Gasteiger partial charge on any atom is 0.223 e. The minimum atomic E-state index is -0.188. The van der Waals surface area contributed by atoms with Crippen molar-refractivity contribution in [1.82, 2.24) is 20.2 Å². The molecule has 0 bridgehead atoms. The molecule has 7 nitrogen and oxygen atoms in total. The van der Waals surface area contributed by atoms with E-state index in [9.17, 15) is 9.59 Å². The van der Waals surface area contributed by atoms with E-state index in [1.54, 1.807) is 25.3 Å². The lowest BCUT2D eigenvalue weighted by molar-refractivity contribution is -0.127. The molecule has 1 fully saturated rings. The SMILES string of the molecule is CC(=O)CCCCCC(NC(=O)C1CCN(C)CC1)c1ncc(-c2ccc(C#N)cc2)[nH]1. The van der Waals surface area contributed by atoms with Crippen molar-refractivity contribution >= 4 is 11.7 Å². The Morgan fingerprint density at radius 3 is 2.59 bits per heavy atom. The minimum absolute atomic E-state index is 0.0411. The normalized spacial score (nSPS) is 15.8. The van der Waals surface area contributed by atoms with Gasteiger partial charge in [0.25, 0.3) is 0 Å². The van der Waals surface area contributed by atoms with Gasteiger partial charge >= 0.3 is 0 Å². The summed E-state index contributed by atoms with van der Waals surface area (Å²) in [7, 11) is 2.09. The number of ketones is 1. The van der Waals surface area contributed by atoms with Crippen molar-refractivity contribution in [3.8, 4) is 17.3 Å². The fraction of sp³-hybridized carbons (Fsp3) is 0.520. The Labute approximate surface area is 190 Å². The number of benzene rings is 1. The monoisotopic (exact) mass is 435 g/mol. The molecule has 2 heterocycles. The fourth-order valence-corrected chi connectivity index (χ4v) is 4.12. The van der Waals surface area contributed by atoms with Gasteiger partial charge in [0.1, 0.15) is 11.6 Å². The largest absolute Gasteiger partial charge is 0.346 e. The summed E-state index contributed by atoms with van der Waals surface area (Å²) >= 11 is 0. The maximum absolute atomic E-state index is 13.0. The van der Waals surface area contributed by atoms with E-state index in [-0.39, 0.29) is 23.7 Å². The lowest BCUT2D eigenvalue weighted by Gasteiger charge is -2.29. The van der Waals surface area contributed by atoms with E-state index < -0.39 is 0 Å². The third-order valence-electron chi connectivity index (χ3n) is 6.18. The third-order valence-corrected chi connectivity index (χ3v) is 6.18. The molecule has 1 aromatic heterocycles. The molecule has 1 aromatic carbocycles. The van der Waals surface area contributed by atoms with Gasteiger partial charge in [-0.1, -0.05) is 25.0 Å². The van der Waals surface area contributed by atoms with Crippen LogP contribution >= 0.6 is 0 Å². The van der Waals surface area contributed by atoms with Crippen LogP contribution < -0.4 is 5.32 Å². The van der Waals surface area contributed by atoms with Crippen molar-refractivity contribution in [3.63, 3.8) is 0 Å². The second-order valence-electron chi connectivity index (χ2n) is 8.81. The van der Waals surface area contributed by atoms with Crippen LogP contribution in [0.5, 0.6) is 0 Å². The summed E-state index contributed by atoms with van der Waals surface area (Å²) in [5.74, 6) is 1.11. The number of hydrogen-bond donors (Lipinski definition) is 2. The molecule has 2 aromatic rings. The Balaban J connectivity index is 1.68. The van der Waals surface area contributed by atoms with E-state index >= 15 is 0 Å². The van der Waals surface area contributed by atoms with Gasteiger partial charge in [0.2, 0.25) is 5.91 Å². The quantitative estimate of drug-likeness (QED) is 0.550. The van der Waals surface area contributed by atoms with Crippen molar-refractivity contribution in [2.75, 3.05) is 20.1 Å². The van der Waals surface area contributed by atoms with Gasteiger partial charge in [-0.3, -0.25) is 4.79 Å². The van der Waals surface area contributed by atoms with Crippen LogP contribution in [0.25, 0.3) is 11.3 Å². The molecule has 3 rings (SSSR count). The van der Waals surface area contributed by atoms with Crippen molar-refractivity contribution in [3.05, 3.63) is 41.9 Å². The molecule has 1 unspecified atom stereocenters. The highest BCUT2D eigenvalue weighted by atomic mass is 16.2. The molecular formula is C25H33N5O2. The van der Waals surface area contributed by atoms with Gasteiger partial charge in [0.05, 0.1) is 29.6 Å². The number of aromatic amines is 1. The second kappa shape index (κ2) is 11.6. The third kappa shape index (κ3) is 6.76. The van der Waals surface area contributed by atoms with Gasteiger partial charge in [-0.15, -0.1) is 0 Å². The van der Waals surface area contributed by atoms with Crippen LogP contribution in [0.15, 0.2) is 30.5 Å². The number of piperidine rings is 1. The molecule has 170 valence electrons. The van der Waals surface area contributed by atoms with Gasteiger partial charge in [-0.05, 0) is 70.4 Å². The number of imidazole rings is 1. The predicted octanol–water partition coefficient (Wildman–Crippen LogP) is 3.99. The maximum atomic E-state index is 13.0. The van der Waals surface area contributed by atoms with Crippen LogP contribution in [0, 0.1) is 17.2 Å². The number of unbranched alkanes of at least 4 members (excludes halogenated alkanes) is 2. The number of carbonyl (C=O) groups excluding carboxylic acids is 2. The van der Waals surface area contributed by atoms with Crippen LogP contribution in [0.1, 0.15) is 69.3 Å². The van der Waals surface area contributed by atoms with E-state index in [1.807, 2.05) is 12.1 Å². The first-order valence-corrected chi connectivity index (χ1v) is 11.5. The number of amides is 1. The Hall–Kier alpha value is -2.98. The molecule has 1 aliphatic heterocycles. The first-order chi connectivity index (χ1) is 15.5. The van der Waals surface area contributed by atoms with Crippen LogP contribution in [0.2, 0.25) is 0 Å².